The van der Waals surface area contributed by atoms with Gasteiger partial charge in [-0.25, -0.2) is 0 Å². The number of ketones is 1. The van der Waals surface area contributed by atoms with Gasteiger partial charge < -0.3 is 4.42 Å². The average Bonchev–Trinajstić information content (AvgIpc) is 3.28. The third-order valence-corrected chi connectivity index (χ3v) is 4.74. The molecule has 0 aliphatic heterocycles. The van der Waals surface area contributed by atoms with Gasteiger partial charge in [0.1, 0.15) is 11.5 Å². The molecule has 0 saturated heterocycles. The van der Waals surface area contributed by atoms with Crippen LogP contribution in [0.1, 0.15) is 43.9 Å². The molecule has 2 heteroatoms. The van der Waals surface area contributed by atoms with Gasteiger partial charge in [-0.2, -0.15) is 0 Å². The molecule has 1 aliphatic rings. The van der Waals surface area contributed by atoms with Gasteiger partial charge in [-0.05, 0) is 36.1 Å². The van der Waals surface area contributed by atoms with E-state index in [1.165, 1.54) is 16.7 Å². The van der Waals surface area contributed by atoms with Crippen LogP contribution in [0.2, 0.25) is 0 Å². The molecule has 0 radical (unpaired) electrons. The van der Waals surface area contributed by atoms with E-state index in [4.69, 9.17) is 4.42 Å². The molecule has 1 heterocycles. The molecular weight excluding hydrogens is 296 g/mol. The molecule has 0 spiro atoms. The minimum atomic E-state index is 0.315. The number of rotatable bonds is 8. The lowest BCUT2D eigenvalue weighted by atomic mass is 9.86. The molecule has 24 heavy (non-hydrogen) atoms. The number of Topliss-reactive ketones (excluding diaryl/α,β-unsaturated/α-hetero) is 1. The summed E-state index contributed by atoms with van der Waals surface area (Å²) in [5, 5.41) is 0. The largest absolute Gasteiger partial charge is 0.469 e. The number of furan rings is 1. The normalized spacial score (nSPS) is 16.8. The zero-order valence-electron chi connectivity index (χ0n) is 14.2. The van der Waals surface area contributed by atoms with Gasteiger partial charge in [0.15, 0.2) is 0 Å². The Bertz CT molecular complexity index is 721. The van der Waals surface area contributed by atoms with Gasteiger partial charge in [-0.1, -0.05) is 55.0 Å². The summed E-state index contributed by atoms with van der Waals surface area (Å²) in [6.45, 7) is 2.22. The standard InChI is InChI=1S/C22H24O2/c1-2-21-18(11-15-22(21)17-7-4-3-5-8-17)10-12-19(23)13-14-20-9-6-16-24-20/h3-9,11,15-16,21H,2,10,12-14H2,1H3. The van der Waals surface area contributed by atoms with E-state index in [2.05, 4.69) is 43.3 Å². The van der Waals surface area contributed by atoms with Crippen LogP contribution in [0.5, 0.6) is 0 Å². The smallest absolute Gasteiger partial charge is 0.133 e. The van der Waals surface area contributed by atoms with Crippen molar-refractivity contribution in [1.82, 2.24) is 0 Å². The monoisotopic (exact) mass is 320 g/mol. The first kappa shape index (κ1) is 16.5. The SMILES string of the molecule is CCC1C(CCC(=O)CCc2ccco2)=CC=C1c1ccccc1. The van der Waals surface area contributed by atoms with Crippen LogP contribution in [0, 0.1) is 5.92 Å². The first-order valence-electron chi connectivity index (χ1n) is 8.78. The van der Waals surface area contributed by atoms with Crippen molar-refractivity contribution in [3.63, 3.8) is 0 Å². The summed E-state index contributed by atoms with van der Waals surface area (Å²) in [6.07, 6.45) is 9.94. The topological polar surface area (TPSA) is 30.2 Å². The molecule has 0 amide bonds. The fraction of sp³-hybridized carbons (Fsp3) is 0.318. The van der Waals surface area contributed by atoms with E-state index in [9.17, 15) is 4.79 Å². The van der Waals surface area contributed by atoms with Gasteiger partial charge in [-0.3, -0.25) is 4.79 Å². The average molecular weight is 320 g/mol. The van der Waals surface area contributed by atoms with E-state index in [0.29, 0.717) is 31.0 Å². The van der Waals surface area contributed by atoms with Crippen molar-refractivity contribution in [1.29, 1.82) is 0 Å². The van der Waals surface area contributed by atoms with Crippen LogP contribution in [0.15, 0.2) is 70.9 Å². The van der Waals surface area contributed by atoms with E-state index in [1.807, 2.05) is 18.2 Å². The zero-order chi connectivity index (χ0) is 16.8. The Hall–Kier alpha value is -2.35. The van der Waals surface area contributed by atoms with Crippen molar-refractivity contribution in [2.45, 2.75) is 39.0 Å². The molecular formula is C22H24O2. The number of carbonyl (C=O) groups is 1. The summed E-state index contributed by atoms with van der Waals surface area (Å²) in [6, 6.07) is 14.3. The number of allylic oxidation sites excluding steroid dienone is 4. The number of benzene rings is 1. The van der Waals surface area contributed by atoms with Crippen LogP contribution in [0.25, 0.3) is 5.57 Å². The number of hydrogen-bond acceptors (Lipinski definition) is 2. The Morgan fingerprint density at radius 1 is 1.00 bits per heavy atom. The van der Waals surface area contributed by atoms with E-state index in [0.717, 1.165) is 18.6 Å². The van der Waals surface area contributed by atoms with E-state index in [-0.39, 0.29) is 0 Å². The molecule has 1 unspecified atom stereocenters. The van der Waals surface area contributed by atoms with Gasteiger partial charge in [-0.15, -0.1) is 0 Å². The molecule has 0 bridgehead atoms. The van der Waals surface area contributed by atoms with Crippen molar-refractivity contribution in [2.75, 3.05) is 0 Å². The molecule has 124 valence electrons. The lowest BCUT2D eigenvalue weighted by molar-refractivity contribution is -0.119. The van der Waals surface area contributed by atoms with Gasteiger partial charge in [0.2, 0.25) is 0 Å². The van der Waals surface area contributed by atoms with Crippen LogP contribution in [0.3, 0.4) is 0 Å². The first-order valence-corrected chi connectivity index (χ1v) is 8.78. The van der Waals surface area contributed by atoms with Gasteiger partial charge in [0.05, 0.1) is 6.26 Å². The molecule has 2 aromatic rings. The zero-order valence-corrected chi connectivity index (χ0v) is 14.2. The van der Waals surface area contributed by atoms with Crippen LogP contribution >= 0.6 is 0 Å². The van der Waals surface area contributed by atoms with Crippen molar-refractivity contribution in [2.24, 2.45) is 5.92 Å². The van der Waals surface area contributed by atoms with Gasteiger partial charge >= 0.3 is 0 Å². The van der Waals surface area contributed by atoms with E-state index < -0.39 is 0 Å². The second-order valence-electron chi connectivity index (χ2n) is 6.31. The summed E-state index contributed by atoms with van der Waals surface area (Å²) in [7, 11) is 0. The maximum atomic E-state index is 12.2. The Morgan fingerprint density at radius 2 is 1.79 bits per heavy atom. The molecule has 1 atom stereocenters. The Labute approximate surface area is 143 Å². The lowest BCUT2D eigenvalue weighted by Gasteiger charge is -2.18. The summed E-state index contributed by atoms with van der Waals surface area (Å²) in [5.74, 6) is 1.66. The van der Waals surface area contributed by atoms with Crippen LogP contribution in [0.4, 0.5) is 0 Å². The summed E-state index contributed by atoms with van der Waals surface area (Å²) in [5.41, 5.74) is 4.07. The molecule has 1 aromatic heterocycles. The van der Waals surface area contributed by atoms with Crippen LogP contribution < -0.4 is 0 Å². The van der Waals surface area contributed by atoms with E-state index >= 15 is 0 Å². The molecule has 1 aliphatic carbocycles. The molecule has 0 saturated carbocycles. The van der Waals surface area contributed by atoms with Crippen molar-refractivity contribution in [3.8, 4) is 0 Å². The second kappa shape index (κ2) is 7.96. The number of hydrogen-bond donors (Lipinski definition) is 0. The fourth-order valence-corrected chi connectivity index (χ4v) is 3.42. The molecule has 1 aromatic carbocycles. The van der Waals surface area contributed by atoms with Crippen LogP contribution in [-0.2, 0) is 11.2 Å². The van der Waals surface area contributed by atoms with Crippen molar-refractivity contribution in [3.05, 3.63) is 77.8 Å². The summed E-state index contributed by atoms with van der Waals surface area (Å²) in [4.78, 5) is 12.2. The lowest BCUT2D eigenvalue weighted by Crippen LogP contribution is -2.06. The molecule has 3 rings (SSSR count). The third-order valence-electron chi connectivity index (χ3n) is 4.74. The minimum Gasteiger partial charge on any atom is -0.469 e. The van der Waals surface area contributed by atoms with Crippen molar-refractivity contribution >= 4 is 11.4 Å². The second-order valence-corrected chi connectivity index (χ2v) is 6.31. The Kier molecular flexibility index (Phi) is 5.47. The quantitative estimate of drug-likeness (QED) is 0.632. The minimum absolute atomic E-state index is 0.315. The first-order chi connectivity index (χ1) is 11.8. The highest BCUT2D eigenvalue weighted by atomic mass is 16.3. The number of carbonyl (C=O) groups excluding carboxylic acids is 1. The van der Waals surface area contributed by atoms with Crippen LogP contribution in [-0.4, -0.2) is 5.78 Å². The third kappa shape index (κ3) is 3.94. The molecule has 0 fully saturated rings. The Morgan fingerprint density at radius 3 is 2.50 bits per heavy atom. The molecule has 0 N–H and O–H groups in total. The Balaban J connectivity index is 1.52. The van der Waals surface area contributed by atoms with Gasteiger partial charge in [0.25, 0.3) is 0 Å². The maximum Gasteiger partial charge on any atom is 0.133 e. The highest BCUT2D eigenvalue weighted by molar-refractivity contribution is 5.80. The fourth-order valence-electron chi connectivity index (χ4n) is 3.42. The maximum absolute atomic E-state index is 12.2. The highest BCUT2D eigenvalue weighted by Gasteiger charge is 2.22. The summed E-state index contributed by atoms with van der Waals surface area (Å²) < 4.78 is 5.29. The van der Waals surface area contributed by atoms with Crippen molar-refractivity contribution < 1.29 is 9.21 Å². The highest BCUT2D eigenvalue weighted by Crippen LogP contribution is 2.38. The predicted octanol–water partition coefficient (Wildman–Crippen LogP) is 5.61. The van der Waals surface area contributed by atoms with E-state index in [1.54, 1.807) is 6.26 Å². The number of aryl methyl sites for hydroxylation is 1. The van der Waals surface area contributed by atoms with Gasteiger partial charge in [0, 0.05) is 25.2 Å². The molecule has 2 nitrogen and oxygen atoms in total. The predicted molar refractivity (Wildman–Crippen MR) is 97.6 cm³/mol. The summed E-state index contributed by atoms with van der Waals surface area (Å²) >= 11 is 0.